The van der Waals surface area contributed by atoms with Gasteiger partial charge in [-0.15, -0.1) is 0 Å². The minimum absolute atomic E-state index is 0.134. The number of ether oxygens (including phenoxy) is 4. The molecule has 0 saturated heterocycles. The molecule has 220 valence electrons. The first kappa shape index (κ1) is 31.4. The summed E-state index contributed by atoms with van der Waals surface area (Å²) in [6.45, 7) is 10.3. The third kappa shape index (κ3) is 8.20. The van der Waals surface area contributed by atoms with Gasteiger partial charge in [-0.1, -0.05) is 12.1 Å². The predicted octanol–water partition coefficient (Wildman–Crippen LogP) is 5.17. The molecule has 9 nitrogen and oxygen atoms in total. The fourth-order valence-corrected chi connectivity index (χ4v) is 4.31. The van der Waals surface area contributed by atoms with Crippen molar-refractivity contribution < 1.29 is 38.4 Å². The van der Waals surface area contributed by atoms with Crippen molar-refractivity contribution in [2.75, 3.05) is 14.2 Å². The van der Waals surface area contributed by atoms with E-state index in [1.54, 1.807) is 64.3 Å². The number of benzene rings is 2. The van der Waals surface area contributed by atoms with Crippen molar-refractivity contribution in [3.8, 4) is 17.2 Å². The van der Waals surface area contributed by atoms with Crippen molar-refractivity contribution in [3.05, 3.63) is 64.7 Å². The van der Waals surface area contributed by atoms with E-state index in [0.717, 1.165) is 0 Å². The number of aliphatic hydroxyl groups is 1. The normalized spacial score (nSPS) is 15.3. The summed E-state index contributed by atoms with van der Waals surface area (Å²) in [5.41, 5.74) is 0.926. The Hall–Kier alpha value is -4.11. The number of allylic oxidation sites excluding steroid dienone is 1. The van der Waals surface area contributed by atoms with Gasteiger partial charge in [-0.25, -0.2) is 4.79 Å². The topological polar surface area (TPSA) is 120 Å². The van der Waals surface area contributed by atoms with Crippen LogP contribution in [-0.4, -0.2) is 60.3 Å². The van der Waals surface area contributed by atoms with Gasteiger partial charge in [0.05, 0.1) is 31.5 Å². The second-order valence-electron chi connectivity index (χ2n) is 11.4. The van der Waals surface area contributed by atoms with Gasteiger partial charge in [0, 0.05) is 12.0 Å². The molecule has 1 aliphatic rings. The highest BCUT2D eigenvalue weighted by Crippen LogP contribution is 2.40. The van der Waals surface area contributed by atoms with Crippen LogP contribution in [0.1, 0.15) is 68.6 Å². The number of nitrogens with one attached hydrogen (secondary N) is 1. The summed E-state index contributed by atoms with van der Waals surface area (Å²) in [5, 5.41) is 12.7. The Morgan fingerprint density at radius 1 is 1.07 bits per heavy atom. The number of hydrogen-bond acceptors (Lipinski definition) is 8. The van der Waals surface area contributed by atoms with Crippen LogP contribution >= 0.6 is 0 Å². The van der Waals surface area contributed by atoms with Gasteiger partial charge in [-0.05, 0) is 89.6 Å². The van der Waals surface area contributed by atoms with Gasteiger partial charge in [-0.3, -0.25) is 9.59 Å². The van der Waals surface area contributed by atoms with Crippen LogP contribution in [0.5, 0.6) is 17.2 Å². The summed E-state index contributed by atoms with van der Waals surface area (Å²) in [5.74, 6) is 0.816. The Balaban J connectivity index is 1.84. The highest BCUT2D eigenvalue weighted by atomic mass is 16.6. The lowest BCUT2D eigenvalue weighted by Crippen LogP contribution is -2.49. The van der Waals surface area contributed by atoms with E-state index in [9.17, 15) is 19.5 Å². The monoisotopic (exact) mass is 565 g/mol. The Kier molecular flexibility index (Phi) is 9.65. The minimum Gasteiger partial charge on any atom is -0.496 e. The smallest absolute Gasteiger partial charge is 0.408 e. The number of fused-ring (bicyclic) bond motifs is 1. The standard InChI is InChI=1S/C32H39NO8/c1-19(34)28(33-30(37)41-31(2,3)4)25(36)18-21-17-20(10-13-26(21)38-7)9-12-24(35)22-11-14-27(39-8)23-15-16-32(5,6)40-29(22)23/h9-17,19,28,34H,18H2,1-8H3,(H,33,37)/b12-9+. The maximum absolute atomic E-state index is 13.3. The number of carbonyl (C=O) groups excluding carboxylic acids is 3. The van der Waals surface area contributed by atoms with Crippen LogP contribution in [0.2, 0.25) is 0 Å². The number of aliphatic hydroxyl groups excluding tert-OH is 1. The van der Waals surface area contributed by atoms with E-state index in [1.165, 1.54) is 20.1 Å². The summed E-state index contributed by atoms with van der Waals surface area (Å²) < 4.78 is 22.2. The molecule has 1 aliphatic heterocycles. The van der Waals surface area contributed by atoms with E-state index in [1.807, 2.05) is 26.0 Å². The molecule has 2 aromatic carbocycles. The Morgan fingerprint density at radius 3 is 2.34 bits per heavy atom. The SMILES string of the molecule is COc1ccc(/C=C/C(=O)c2ccc(OC)c3c2OC(C)(C)C=C3)cc1CC(=O)C(NC(=O)OC(C)(C)C)C(C)O. The van der Waals surface area contributed by atoms with Crippen molar-refractivity contribution in [1.82, 2.24) is 5.32 Å². The first-order valence-electron chi connectivity index (χ1n) is 13.3. The molecule has 1 heterocycles. The van der Waals surface area contributed by atoms with Crippen molar-refractivity contribution in [3.63, 3.8) is 0 Å². The molecular weight excluding hydrogens is 526 g/mol. The van der Waals surface area contributed by atoms with Crippen molar-refractivity contribution >= 4 is 29.8 Å². The Bertz CT molecular complexity index is 1360. The molecule has 9 heteroatoms. The Morgan fingerprint density at radius 2 is 1.73 bits per heavy atom. The molecule has 3 rings (SSSR count). The average molecular weight is 566 g/mol. The first-order chi connectivity index (χ1) is 19.1. The molecule has 0 fully saturated rings. The number of hydrogen-bond donors (Lipinski definition) is 2. The molecule has 2 aromatic rings. The number of alkyl carbamates (subject to hydrolysis) is 1. The summed E-state index contributed by atoms with van der Waals surface area (Å²) in [6.07, 6.45) is 4.79. The van der Waals surface area contributed by atoms with Gasteiger partial charge in [0.2, 0.25) is 0 Å². The van der Waals surface area contributed by atoms with Crippen LogP contribution in [0, 0.1) is 0 Å². The molecule has 2 unspecified atom stereocenters. The minimum atomic E-state index is -1.19. The summed E-state index contributed by atoms with van der Waals surface area (Å²) >= 11 is 0. The lowest BCUT2D eigenvalue weighted by Gasteiger charge is -2.29. The molecule has 0 spiro atoms. The van der Waals surface area contributed by atoms with Crippen LogP contribution in [0.3, 0.4) is 0 Å². The lowest BCUT2D eigenvalue weighted by molar-refractivity contribution is -0.122. The molecule has 0 saturated carbocycles. The second-order valence-corrected chi connectivity index (χ2v) is 11.4. The maximum Gasteiger partial charge on any atom is 0.408 e. The number of methoxy groups -OCH3 is 2. The number of Topliss-reactive ketones (excluding diaryl/α,β-unsaturated/α-hetero) is 1. The fraction of sp³-hybridized carbons (Fsp3) is 0.406. The van der Waals surface area contributed by atoms with Crippen molar-refractivity contribution in [2.24, 2.45) is 0 Å². The molecule has 0 aromatic heterocycles. The largest absolute Gasteiger partial charge is 0.496 e. The van der Waals surface area contributed by atoms with Gasteiger partial charge >= 0.3 is 6.09 Å². The zero-order valence-corrected chi connectivity index (χ0v) is 24.9. The number of amides is 1. The second kappa shape index (κ2) is 12.6. The lowest BCUT2D eigenvalue weighted by atomic mass is 9.96. The average Bonchev–Trinajstić information content (AvgIpc) is 2.88. The zero-order valence-electron chi connectivity index (χ0n) is 24.9. The molecule has 0 aliphatic carbocycles. The van der Waals surface area contributed by atoms with Crippen LogP contribution in [-0.2, 0) is 16.0 Å². The molecule has 0 radical (unpaired) electrons. The van der Waals surface area contributed by atoms with Crippen molar-refractivity contribution in [2.45, 2.75) is 71.3 Å². The molecule has 1 amide bonds. The van der Waals surface area contributed by atoms with E-state index in [-0.39, 0.29) is 12.2 Å². The van der Waals surface area contributed by atoms with E-state index in [4.69, 9.17) is 18.9 Å². The van der Waals surface area contributed by atoms with Gasteiger partial charge < -0.3 is 29.4 Å². The van der Waals surface area contributed by atoms with Gasteiger partial charge in [-0.2, -0.15) is 0 Å². The van der Waals surface area contributed by atoms with E-state index in [0.29, 0.717) is 39.5 Å². The maximum atomic E-state index is 13.3. The van der Waals surface area contributed by atoms with Crippen LogP contribution in [0.15, 0.2) is 42.5 Å². The number of carbonyl (C=O) groups is 3. The molecular formula is C32H39NO8. The molecule has 2 N–H and O–H groups in total. The summed E-state index contributed by atoms with van der Waals surface area (Å²) in [4.78, 5) is 38.7. The molecule has 41 heavy (non-hydrogen) atoms. The zero-order chi connectivity index (χ0) is 30.5. The highest BCUT2D eigenvalue weighted by molar-refractivity contribution is 6.09. The highest BCUT2D eigenvalue weighted by Gasteiger charge is 2.29. The van der Waals surface area contributed by atoms with Crippen LogP contribution in [0.4, 0.5) is 4.79 Å². The fourth-order valence-electron chi connectivity index (χ4n) is 4.31. The number of ketones is 2. The van der Waals surface area contributed by atoms with Crippen molar-refractivity contribution in [1.29, 1.82) is 0 Å². The quantitative estimate of drug-likeness (QED) is 0.299. The van der Waals surface area contributed by atoms with Gasteiger partial charge in [0.1, 0.15) is 34.5 Å². The van der Waals surface area contributed by atoms with Gasteiger partial charge in [0.15, 0.2) is 11.6 Å². The molecule has 0 bridgehead atoms. The third-order valence-electron chi connectivity index (χ3n) is 6.26. The predicted molar refractivity (Wildman–Crippen MR) is 157 cm³/mol. The number of rotatable bonds is 10. The first-order valence-corrected chi connectivity index (χ1v) is 13.3. The third-order valence-corrected chi connectivity index (χ3v) is 6.26. The Labute approximate surface area is 241 Å². The van der Waals surface area contributed by atoms with E-state index < -0.39 is 35.2 Å². The van der Waals surface area contributed by atoms with Gasteiger partial charge in [0.25, 0.3) is 0 Å². The summed E-state index contributed by atoms with van der Waals surface area (Å²) in [7, 11) is 3.05. The van der Waals surface area contributed by atoms with E-state index in [2.05, 4.69) is 5.32 Å². The van der Waals surface area contributed by atoms with Crippen LogP contribution in [0.25, 0.3) is 12.2 Å². The summed E-state index contributed by atoms with van der Waals surface area (Å²) in [6, 6.07) is 7.39. The molecule has 2 atom stereocenters. The van der Waals surface area contributed by atoms with E-state index >= 15 is 0 Å². The van der Waals surface area contributed by atoms with Crippen LogP contribution < -0.4 is 19.5 Å².